The number of phenolic OH excluding ortho intramolecular Hbond substituents is 1. The van der Waals surface area contributed by atoms with Crippen molar-refractivity contribution >= 4 is 17.2 Å². The van der Waals surface area contributed by atoms with Crippen molar-refractivity contribution in [1.82, 2.24) is 25.5 Å². The number of allylic oxidation sites excluding steroid dienone is 1. The van der Waals surface area contributed by atoms with Gasteiger partial charge >= 0.3 is 0 Å². The molecule has 0 saturated carbocycles. The average Bonchev–Trinajstić information content (AvgIpc) is 3.50. The summed E-state index contributed by atoms with van der Waals surface area (Å²) in [6, 6.07) is 8.72. The van der Waals surface area contributed by atoms with Gasteiger partial charge in [0.25, 0.3) is 0 Å². The van der Waals surface area contributed by atoms with Crippen molar-refractivity contribution in [3.8, 4) is 5.75 Å². The molecule has 1 aliphatic heterocycles. The Morgan fingerprint density at radius 3 is 2.94 bits per heavy atom. The molecule has 9 heteroatoms. The Kier molecular flexibility index (Phi) is 6.71. The number of halogens is 1. The van der Waals surface area contributed by atoms with E-state index in [1.807, 2.05) is 4.90 Å². The van der Waals surface area contributed by atoms with Crippen molar-refractivity contribution in [2.24, 2.45) is 0 Å². The van der Waals surface area contributed by atoms with Gasteiger partial charge in [-0.1, -0.05) is 23.4 Å². The number of tetrazole rings is 1. The molecule has 1 saturated heterocycles. The number of carbonyl (C=O) groups excluding carboxylic acids is 1. The number of aromatic nitrogens is 4. The van der Waals surface area contributed by atoms with Crippen LogP contribution in [0.15, 0.2) is 42.5 Å². The first-order valence-electron chi connectivity index (χ1n) is 10.3. The number of rotatable bonds is 9. The highest BCUT2D eigenvalue weighted by atomic mass is 32.1. The van der Waals surface area contributed by atoms with Crippen LogP contribution >= 0.6 is 11.3 Å². The Bertz CT molecular complexity index is 1050. The van der Waals surface area contributed by atoms with Crippen LogP contribution in [-0.4, -0.2) is 49.1 Å². The quantitative estimate of drug-likeness (QED) is 0.496. The third-order valence-electron chi connectivity index (χ3n) is 5.38. The molecule has 162 valence electrons. The van der Waals surface area contributed by atoms with Crippen LogP contribution in [0.2, 0.25) is 0 Å². The van der Waals surface area contributed by atoms with E-state index in [0.29, 0.717) is 31.6 Å². The van der Waals surface area contributed by atoms with Crippen LogP contribution in [0, 0.1) is 5.82 Å². The summed E-state index contributed by atoms with van der Waals surface area (Å²) in [6.07, 6.45) is 8.55. The number of aromatic amines is 1. The van der Waals surface area contributed by atoms with Crippen molar-refractivity contribution in [3.05, 3.63) is 69.4 Å². The van der Waals surface area contributed by atoms with E-state index in [1.165, 1.54) is 21.9 Å². The van der Waals surface area contributed by atoms with Gasteiger partial charge in [-0.05, 0) is 55.5 Å². The molecule has 1 fully saturated rings. The average molecular weight is 442 g/mol. The summed E-state index contributed by atoms with van der Waals surface area (Å²) in [7, 11) is 0. The van der Waals surface area contributed by atoms with Crippen molar-refractivity contribution in [3.63, 3.8) is 0 Å². The second kappa shape index (κ2) is 9.82. The van der Waals surface area contributed by atoms with Gasteiger partial charge in [0.05, 0.1) is 6.04 Å². The van der Waals surface area contributed by atoms with Gasteiger partial charge in [0, 0.05) is 29.1 Å². The zero-order valence-electron chi connectivity index (χ0n) is 17.0. The molecule has 4 rings (SSSR count). The Morgan fingerprint density at radius 2 is 2.13 bits per heavy atom. The predicted molar refractivity (Wildman–Crippen MR) is 115 cm³/mol. The van der Waals surface area contributed by atoms with Gasteiger partial charge in [-0.25, -0.2) is 4.39 Å². The maximum absolute atomic E-state index is 13.1. The Hall–Kier alpha value is -3.07. The molecule has 7 nitrogen and oxygen atoms in total. The highest BCUT2D eigenvalue weighted by Crippen LogP contribution is 2.24. The summed E-state index contributed by atoms with van der Waals surface area (Å²) < 4.78 is 13.1. The molecule has 0 radical (unpaired) electrons. The Morgan fingerprint density at radius 1 is 1.26 bits per heavy atom. The number of nitrogens with one attached hydrogen (secondary N) is 1. The maximum atomic E-state index is 13.1. The fourth-order valence-corrected chi connectivity index (χ4v) is 4.76. The molecule has 3 aromatic rings. The molecule has 31 heavy (non-hydrogen) atoms. The van der Waals surface area contributed by atoms with E-state index in [1.54, 1.807) is 17.4 Å². The highest BCUT2D eigenvalue weighted by molar-refractivity contribution is 7.12. The van der Waals surface area contributed by atoms with Crippen LogP contribution in [0.3, 0.4) is 0 Å². The van der Waals surface area contributed by atoms with Gasteiger partial charge < -0.3 is 10.0 Å². The fraction of sp³-hybridized carbons (Fsp3) is 0.364. The molecule has 0 aliphatic carbocycles. The minimum Gasteiger partial charge on any atom is -0.505 e. The number of nitrogens with zero attached hydrogens (tertiary/aromatic N) is 4. The minimum atomic E-state index is -0.605. The van der Waals surface area contributed by atoms with Crippen LogP contribution in [0.25, 0.3) is 0 Å². The van der Waals surface area contributed by atoms with Gasteiger partial charge in [0.2, 0.25) is 5.91 Å². The van der Waals surface area contributed by atoms with Gasteiger partial charge in [-0.15, -0.1) is 21.5 Å². The molecule has 0 bridgehead atoms. The number of hydrogen-bond acceptors (Lipinski definition) is 6. The summed E-state index contributed by atoms with van der Waals surface area (Å²) >= 11 is 1.71. The Labute approximate surface area is 183 Å². The minimum absolute atomic E-state index is 0.118. The van der Waals surface area contributed by atoms with Crippen LogP contribution in [0.4, 0.5) is 4.39 Å². The SMILES string of the molecule is O=C1CC[C@H](/C=C/CCc2ccc(F)c(O)c2)N1CCc1ccc(Cc2nn[nH]n2)s1. The fourth-order valence-electron chi connectivity index (χ4n) is 3.76. The second-order valence-corrected chi connectivity index (χ2v) is 8.82. The largest absolute Gasteiger partial charge is 0.505 e. The number of likely N-dealkylation sites (tertiary alicyclic amines) is 1. The molecule has 3 heterocycles. The highest BCUT2D eigenvalue weighted by Gasteiger charge is 2.28. The van der Waals surface area contributed by atoms with E-state index >= 15 is 0 Å². The van der Waals surface area contributed by atoms with Crippen LogP contribution < -0.4 is 0 Å². The van der Waals surface area contributed by atoms with Gasteiger partial charge in [0.1, 0.15) is 0 Å². The van der Waals surface area contributed by atoms with Crippen LogP contribution in [0.5, 0.6) is 5.75 Å². The molecule has 1 aromatic carbocycles. The number of thiophene rings is 1. The van der Waals surface area contributed by atoms with Crippen LogP contribution in [-0.2, 0) is 24.1 Å². The lowest BCUT2D eigenvalue weighted by Gasteiger charge is -2.22. The number of aromatic hydroxyl groups is 1. The summed E-state index contributed by atoms with van der Waals surface area (Å²) in [5.41, 5.74) is 0.886. The van der Waals surface area contributed by atoms with Crippen molar-refractivity contribution in [2.45, 2.75) is 44.6 Å². The maximum Gasteiger partial charge on any atom is 0.223 e. The zero-order valence-corrected chi connectivity index (χ0v) is 17.8. The third-order valence-corrected chi connectivity index (χ3v) is 6.53. The standard InChI is InChI=1S/C22H24FN5O2S/c23-19-9-5-15(13-20(19)29)3-1-2-4-16-6-10-22(30)28(16)12-11-17-7-8-18(31-17)14-21-24-26-27-25-21/h2,4-5,7-9,13,16,29H,1,3,6,10-12,14H2,(H,24,25,26,27)/b4-2+/t16-/m0/s1. The van der Waals surface area contributed by atoms with Gasteiger partial charge in [-0.2, -0.15) is 5.21 Å². The predicted octanol–water partition coefficient (Wildman–Crippen LogP) is 3.42. The monoisotopic (exact) mass is 441 g/mol. The van der Waals surface area contributed by atoms with E-state index < -0.39 is 5.82 Å². The van der Waals surface area contributed by atoms with Crippen molar-refractivity contribution < 1.29 is 14.3 Å². The van der Waals surface area contributed by atoms with E-state index in [-0.39, 0.29) is 17.7 Å². The number of phenols is 1. The van der Waals surface area contributed by atoms with Gasteiger partial charge in [-0.3, -0.25) is 4.79 Å². The van der Waals surface area contributed by atoms with Crippen LogP contribution in [0.1, 0.15) is 40.4 Å². The molecule has 1 aliphatic rings. The van der Waals surface area contributed by atoms with E-state index in [2.05, 4.69) is 44.9 Å². The number of aryl methyl sites for hydroxylation is 1. The molecule has 1 atom stereocenters. The van der Waals surface area contributed by atoms with E-state index in [4.69, 9.17) is 0 Å². The lowest BCUT2D eigenvalue weighted by Crippen LogP contribution is -2.33. The van der Waals surface area contributed by atoms with E-state index in [9.17, 15) is 14.3 Å². The third kappa shape index (κ3) is 5.55. The molecular weight excluding hydrogens is 417 g/mol. The first-order valence-corrected chi connectivity index (χ1v) is 11.1. The number of benzene rings is 1. The van der Waals surface area contributed by atoms with E-state index in [0.717, 1.165) is 24.8 Å². The smallest absolute Gasteiger partial charge is 0.223 e. The first kappa shape index (κ1) is 21.2. The summed E-state index contributed by atoms with van der Waals surface area (Å²) in [6.45, 7) is 0.696. The van der Waals surface area contributed by atoms with Gasteiger partial charge in [0.15, 0.2) is 17.4 Å². The lowest BCUT2D eigenvalue weighted by atomic mass is 10.1. The number of H-pyrrole nitrogens is 1. The Balaban J connectivity index is 1.27. The molecule has 2 aromatic heterocycles. The molecular formula is C22H24FN5O2S. The molecule has 1 amide bonds. The summed E-state index contributed by atoms with van der Waals surface area (Å²) in [5.74, 6) is -0.0546. The molecule has 2 N–H and O–H groups in total. The summed E-state index contributed by atoms with van der Waals surface area (Å²) in [4.78, 5) is 16.7. The second-order valence-electron chi connectivity index (χ2n) is 7.57. The zero-order chi connectivity index (χ0) is 21.6. The topological polar surface area (TPSA) is 95.0 Å². The first-order chi connectivity index (χ1) is 15.1. The van der Waals surface area contributed by atoms with Crippen molar-refractivity contribution in [1.29, 1.82) is 0 Å². The van der Waals surface area contributed by atoms with Crippen molar-refractivity contribution in [2.75, 3.05) is 6.54 Å². The summed E-state index contributed by atoms with van der Waals surface area (Å²) in [5, 5.41) is 23.5. The number of carbonyl (C=O) groups is 1. The molecule has 0 unspecified atom stereocenters. The molecule has 0 spiro atoms. The number of hydrogen-bond donors (Lipinski definition) is 2. The lowest BCUT2D eigenvalue weighted by molar-refractivity contribution is -0.128. The number of amides is 1. The normalized spacial score (nSPS) is 16.6.